The summed E-state index contributed by atoms with van der Waals surface area (Å²) in [6.07, 6.45) is 1.89. The van der Waals surface area contributed by atoms with Crippen LogP contribution in [0.4, 0.5) is 0 Å². The molecule has 0 saturated heterocycles. The van der Waals surface area contributed by atoms with E-state index in [-0.39, 0.29) is 0 Å². The maximum atomic E-state index is 8.85. The predicted molar refractivity (Wildman–Crippen MR) is 52.0 cm³/mol. The van der Waals surface area contributed by atoms with Gasteiger partial charge in [0, 0.05) is 6.07 Å². The van der Waals surface area contributed by atoms with Crippen molar-refractivity contribution in [3.05, 3.63) is 17.2 Å². The molecule has 0 fully saturated rings. The van der Waals surface area contributed by atoms with Gasteiger partial charge in [0.25, 0.3) is 0 Å². The van der Waals surface area contributed by atoms with Crippen LogP contribution in [0.1, 0.15) is 11.1 Å². The van der Waals surface area contributed by atoms with Crippen molar-refractivity contribution in [2.75, 3.05) is 13.4 Å². The Morgan fingerprint density at radius 2 is 2.31 bits per heavy atom. The molecule has 0 aromatic carbocycles. The molecule has 1 aromatic rings. The molecule has 0 unspecified atom stereocenters. The van der Waals surface area contributed by atoms with Gasteiger partial charge in [-0.1, -0.05) is 0 Å². The highest BCUT2D eigenvalue weighted by molar-refractivity contribution is 7.98. The van der Waals surface area contributed by atoms with Gasteiger partial charge in [-0.25, -0.2) is 4.98 Å². The zero-order chi connectivity index (χ0) is 9.84. The molecular formula is C9H10N2OS. The second-order valence-electron chi connectivity index (χ2n) is 2.48. The molecule has 1 heterocycles. The van der Waals surface area contributed by atoms with E-state index >= 15 is 0 Å². The molecule has 3 nitrogen and oxygen atoms in total. The fraction of sp³-hybridized carbons (Fsp3) is 0.333. The number of methoxy groups -OCH3 is 1. The van der Waals surface area contributed by atoms with Crippen molar-refractivity contribution in [2.24, 2.45) is 0 Å². The molecule has 0 aliphatic heterocycles. The van der Waals surface area contributed by atoms with Crippen molar-refractivity contribution in [1.29, 1.82) is 5.26 Å². The minimum absolute atomic E-state index is 0.556. The molecule has 0 aliphatic rings. The van der Waals surface area contributed by atoms with Crippen LogP contribution in [0.3, 0.4) is 0 Å². The summed E-state index contributed by atoms with van der Waals surface area (Å²) in [5.41, 5.74) is 1.53. The van der Waals surface area contributed by atoms with Gasteiger partial charge in [0.1, 0.15) is 11.1 Å². The number of pyridine rings is 1. The van der Waals surface area contributed by atoms with Crippen molar-refractivity contribution >= 4 is 11.8 Å². The standard InChI is InChI=1S/C9H10N2OS/c1-6-4-8(12-2)11-9(13-3)7(6)5-10/h4H,1-3H3. The Bertz CT molecular complexity index is 357. The zero-order valence-corrected chi connectivity index (χ0v) is 8.60. The van der Waals surface area contributed by atoms with Crippen molar-refractivity contribution < 1.29 is 4.74 Å². The summed E-state index contributed by atoms with van der Waals surface area (Å²) in [6.45, 7) is 1.88. The second-order valence-corrected chi connectivity index (χ2v) is 3.27. The minimum atomic E-state index is 0.556. The van der Waals surface area contributed by atoms with Gasteiger partial charge in [0.15, 0.2) is 0 Å². The number of aryl methyl sites for hydroxylation is 1. The lowest BCUT2D eigenvalue weighted by Gasteiger charge is -2.05. The van der Waals surface area contributed by atoms with E-state index < -0.39 is 0 Å². The van der Waals surface area contributed by atoms with E-state index in [1.165, 1.54) is 11.8 Å². The summed E-state index contributed by atoms with van der Waals surface area (Å²) >= 11 is 1.45. The molecule has 1 aromatic heterocycles. The Balaban J connectivity index is 3.31. The topological polar surface area (TPSA) is 45.9 Å². The van der Waals surface area contributed by atoms with Crippen molar-refractivity contribution in [3.63, 3.8) is 0 Å². The van der Waals surface area contributed by atoms with E-state index in [0.717, 1.165) is 10.6 Å². The highest BCUT2D eigenvalue weighted by atomic mass is 32.2. The molecule has 0 bridgehead atoms. The fourth-order valence-corrected chi connectivity index (χ4v) is 1.59. The monoisotopic (exact) mass is 194 g/mol. The van der Waals surface area contributed by atoms with Crippen LogP contribution in [0.2, 0.25) is 0 Å². The van der Waals surface area contributed by atoms with Crippen molar-refractivity contribution in [3.8, 4) is 11.9 Å². The van der Waals surface area contributed by atoms with Crippen LogP contribution in [0.5, 0.6) is 5.88 Å². The number of nitriles is 1. The van der Waals surface area contributed by atoms with E-state index in [0.29, 0.717) is 11.4 Å². The van der Waals surface area contributed by atoms with Gasteiger partial charge in [0.05, 0.1) is 12.7 Å². The molecule has 0 spiro atoms. The maximum absolute atomic E-state index is 8.85. The number of thioether (sulfide) groups is 1. The summed E-state index contributed by atoms with van der Waals surface area (Å²) in [5.74, 6) is 0.556. The average Bonchev–Trinajstić information content (AvgIpc) is 2.16. The van der Waals surface area contributed by atoms with Crippen LogP contribution in [0.25, 0.3) is 0 Å². The van der Waals surface area contributed by atoms with E-state index in [2.05, 4.69) is 11.1 Å². The first-order valence-electron chi connectivity index (χ1n) is 3.72. The SMILES string of the molecule is COc1cc(C)c(C#N)c(SC)n1. The lowest BCUT2D eigenvalue weighted by atomic mass is 10.2. The van der Waals surface area contributed by atoms with Gasteiger partial charge in [-0.3, -0.25) is 0 Å². The molecule has 1 rings (SSSR count). The van der Waals surface area contributed by atoms with E-state index in [1.807, 2.05) is 13.2 Å². The first-order valence-corrected chi connectivity index (χ1v) is 4.95. The Labute approximate surface area is 81.7 Å². The lowest BCUT2D eigenvalue weighted by Crippen LogP contribution is -1.95. The summed E-state index contributed by atoms with van der Waals surface area (Å²) in [5, 5.41) is 9.57. The number of rotatable bonds is 2. The first kappa shape index (κ1) is 9.87. The van der Waals surface area contributed by atoms with Gasteiger partial charge in [0.2, 0.25) is 5.88 Å². The highest BCUT2D eigenvalue weighted by Gasteiger charge is 2.08. The van der Waals surface area contributed by atoms with Gasteiger partial charge in [-0.15, -0.1) is 11.8 Å². The van der Waals surface area contributed by atoms with Crippen LogP contribution in [-0.4, -0.2) is 18.3 Å². The summed E-state index contributed by atoms with van der Waals surface area (Å²) in [7, 11) is 1.57. The van der Waals surface area contributed by atoms with Crippen LogP contribution in [-0.2, 0) is 0 Å². The van der Waals surface area contributed by atoms with E-state index in [9.17, 15) is 0 Å². The molecule has 0 atom stereocenters. The molecule has 68 valence electrons. The molecule has 0 N–H and O–H groups in total. The quantitative estimate of drug-likeness (QED) is 0.675. The van der Waals surface area contributed by atoms with Gasteiger partial charge >= 0.3 is 0 Å². The molecule has 13 heavy (non-hydrogen) atoms. The molecule has 0 saturated carbocycles. The molecular weight excluding hydrogens is 184 g/mol. The van der Waals surface area contributed by atoms with Crippen LogP contribution in [0.15, 0.2) is 11.1 Å². The minimum Gasteiger partial charge on any atom is -0.481 e. The number of nitrogens with zero attached hydrogens (tertiary/aromatic N) is 2. The van der Waals surface area contributed by atoms with Crippen molar-refractivity contribution in [2.45, 2.75) is 11.9 Å². The number of aromatic nitrogens is 1. The third-order valence-electron chi connectivity index (χ3n) is 1.67. The smallest absolute Gasteiger partial charge is 0.214 e. The number of ether oxygens (including phenoxy) is 1. The summed E-state index contributed by atoms with van der Waals surface area (Å²) in [4.78, 5) is 4.16. The largest absolute Gasteiger partial charge is 0.481 e. The normalized spacial score (nSPS) is 9.38. The molecule has 0 amide bonds. The average molecular weight is 194 g/mol. The fourth-order valence-electron chi connectivity index (χ4n) is 1.00. The Kier molecular flexibility index (Phi) is 3.15. The highest BCUT2D eigenvalue weighted by Crippen LogP contribution is 2.24. The Morgan fingerprint density at radius 1 is 1.62 bits per heavy atom. The predicted octanol–water partition coefficient (Wildman–Crippen LogP) is 1.99. The molecule has 0 aliphatic carbocycles. The molecule has 4 heteroatoms. The maximum Gasteiger partial charge on any atom is 0.214 e. The number of hydrogen-bond donors (Lipinski definition) is 0. The molecule has 0 radical (unpaired) electrons. The Morgan fingerprint density at radius 3 is 2.77 bits per heavy atom. The van der Waals surface area contributed by atoms with Gasteiger partial charge in [-0.05, 0) is 18.7 Å². The van der Waals surface area contributed by atoms with Crippen LogP contribution >= 0.6 is 11.8 Å². The van der Waals surface area contributed by atoms with Crippen LogP contribution in [0, 0.1) is 18.3 Å². The first-order chi connectivity index (χ1) is 6.22. The lowest BCUT2D eigenvalue weighted by molar-refractivity contribution is 0.394. The van der Waals surface area contributed by atoms with Crippen LogP contribution < -0.4 is 4.74 Å². The third-order valence-corrected chi connectivity index (χ3v) is 2.36. The second kappa shape index (κ2) is 4.15. The summed E-state index contributed by atoms with van der Waals surface area (Å²) < 4.78 is 5.00. The van der Waals surface area contributed by atoms with Crippen molar-refractivity contribution in [1.82, 2.24) is 4.98 Å². The van der Waals surface area contributed by atoms with Gasteiger partial charge < -0.3 is 4.74 Å². The summed E-state index contributed by atoms with van der Waals surface area (Å²) in [6, 6.07) is 3.89. The van der Waals surface area contributed by atoms with E-state index in [1.54, 1.807) is 13.2 Å². The Hall–Kier alpha value is -1.21. The van der Waals surface area contributed by atoms with E-state index in [4.69, 9.17) is 10.00 Å². The van der Waals surface area contributed by atoms with Gasteiger partial charge in [-0.2, -0.15) is 5.26 Å². The number of hydrogen-bond acceptors (Lipinski definition) is 4. The third kappa shape index (κ3) is 1.93. The zero-order valence-electron chi connectivity index (χ0n) is 7.79.